The molecule has 0 spiro atoms. The predicted octanol–water partition coefficient (Wildman–Crippen LogP) is 7.19. The summed E-state index contributed by atoms with van der Waals surface area (Å²) < 4.78 is 37.2. The van der Waals surface area contributed by atoms with Crippen LogP contribution < -0.4 is 23.8 Å². The van der Waals surface area contributed by atoms with Crippen LogP contribution in [-0.2, 0) is 15.3 Å². The molecule has 13 heteroatoms. The quantitative estimate of drug-likeness (QED) is 0.0537. The topological polar surface area (TPSA) is 120 Å². The van der Waals surface area contributed by atoms with Crippen LogP contribution >= 0.6 is 23.1 Å². The van der Waals surface area contributed by atoms with Crippen molar-refractivity contribution in [2.45, 2.75) is 43.3 Å². The molecule has 3 aromatic carbocycles. The molecular formula is C35H34FN3O7S2. The van der Waals surface area contributed by atoms with Crippen LogP contribution in [0.5, 0.6) is 23.0 Å². The van der Waals surface area contributed by atoms with Gasteiger partial charge in [0.25, 0.3) is 5.78 Å². The average molecular weight is 692 g/mol. The Kier molecular flexibility index (Phi) is 10.2. The number of aromatic nitrogens is 2. The third-order valence-electron chi connectivity index (χ3n) is 7.67. The van der Waals surface area contributed by atoms with Crippen molar-refractivity contribution >= 4 is 45.7 Å². The van der Waals surface area contributed by atoms with Gasteiger partial charge in [-0.1, -0.05) is 55.1 Å². The number of amides is 1. The zero-order chi connectivity index (χ0) is 33.8. The lowest BCUT2D eigenvalue weighted by Crippen LogP contribution is -2.29. The maximum Gasteiger partial charge on any atom is 0.301 e. The second-order valence-corrected chi connectivity index (χ2v) is 13.6. The smallest absolute Gasteiger partial charge is 0.301 e. The number of Topliss-reactive ketones (excluding diaryl/α,β-unsaturated/α-hetero) is 1. The monoisotopic (exact) mass is 691 g/mol. The molecule has 250 valence electrons. The number of anilines is 1. The van der Waals surface area contributed by atoms with Crippen molar-refractivity contribution in [1.29, 1.82) is 0 Å². The molecule has 1 amide bonds. The summed E-state index contributed by atoms with van der Waals surface area (Å²) in [6, 6.07) is 15.2. The lowest BCUT2D eigenvalue weighted by Gasteiger charge is -2.24. The largest absolute Gasteiger partial charge is 0.507 e. The van der Waals surface area contributed by atoms with Crippen LogP contribution in [0.2, 0.25) is 0 Å². The maximum absolute atomic E-state index is 13.8. The van der Waals surface area contributed by atoms with Crippen LogP contribution in [0.3, 0.4) is 0 Å². The van der Waals surface area contributed by atoms with Gasteiger partial charge in [-0.3, -0.25) is 14.5 Å². The maximum atomic E-state index is 13.8. The number of aliphatic hydroxyl groups is 1. The van der Waals surface area contributed by atoms with Crippen molar-refractivity contribution in [3.63, 3.8) is 0 Å². The first kappa shape index (κ1) is 33.3. The number of hydrogen-bond donors (Lipinski definition) is 1. The number of halogens is 1. The van der Waals surface area contributed by atoms with E-state index in [4.69, 9.17) is 18.9 Å². The average Bonchev–Trinajstić information content (AvgIpc) is 3.66. The second kappa shape index (κ2) is 14.7. The molecule has 3 heterocycles. The number of rotatable bonds is 12. The van der Waals surface area contributed by atoms with E-state index in [1.807, 2.05) is 6.92 Å². The molecule has 0 saturated carbocycles. The molecule has 0 aliphatic carbocycles. The first-order chi connectivity index (χ1) is 23.2. The highest BCUT2D eigenvalue weighted by Gasteiger charge is 2.48. The van der Waals surface area contributed by atoms with Gasteiger partial charge in [-0.05, 0) is 72.9 Å². The van der Waals surface area contributed by atoms with E-state index in [1.165, 1.54) is 28.8 Å². The van der Waals surface area contributed by atoms with Crippen LogP contribution in [0.25, 0.3) is 5.76 Å². The molecule has 2 aliphatic heterocycles. The molecule has 10 nitrogen and oxygen atoms in total. The second-order valence-electron chi connectivity index (χ2n) is 11.5. The zero-order valence-electron chi connectivity index (χ0n) is 26.6. The Morgan fingerprint density at radius 1 is 1.02 bits per heavy atom. The molecule has 1 saturated heterocycles. The number of ketones is 1. The van der Waals surface area contributed by atoms with Crippen molar-refractivity contribution in [3.05, 3.63) is 88.7 Å². The minimum Gasteiger partial charge on any atom is -0.507 e. The molecule has 48 heavy (non-hydrogen) atoms. The van der Waals surface area contributed by atoms with E-state index < -0.39 is 17.7 Å². The third kappa shape index (κ3) is 7.12. The van der Waals surface area contributed by atoms with Crippen LogP contribution in [0.15, 0.2) is 70.6 Å². The molecule has 1 unspecified atom stereocenters. The zero-order valence-corrected chi connectivity index (χ0v) is 28.2. The number of carbonyl (C=O) groups is 2. The fraction of sp³-hybridized carbons (Fsp3) is 0.314. The Bertz CT molecular complexity index is 1840. The summed E-state index contributed by atoms with van der Waals surface area (Å²) in [5.41, 5.74) is 1.55. The van der Waals surface area contributed by atoms with Crippen molar-refractivity contribution < 1.29 is 38.0 Å². The van der Waals surface area contributed by atoms with E-state index in [1.54, 1.807) is 48.5 Å². The normalized spacial score (nSPS) is 16.9. The van der Waals surface area contributed by atoms with Gasteiger partial charge in [0.05, 0.1) is 24.8 Å². The Hall–Kier alpha value is -4.62. The van der Waals surface area contributed by atoms with Gasteiger partial charge in [-0.15, -0.1) is 10.2 Å². The van der Waals surface area contributed by atoms with Gasteiger partial charge in [0.15, 0.2) is 27.3 Å². The molecule has 1 fully saturated rings. The van der Waals surface area contributed by atoms with E-state index in [2.05, 4.69) is 24.0 Å². The first-order valence-corrected chi connectivity index (χ1v) is 17.3. The number of ether oxygens (including phenoxy) is 4. The molecular weight excluding hydrogens is 658 g/mol. The van der Waals surface area contributed by atoms with Gasteiger partial charge in [-0.2, -0.15) is 0 Å². The summed E-state index contributed by atoms with van der Waals surface area (Å²) in [5, 5.41) is 20.4. The highest BCUT2D eigenvalue weighted by molar-refractivity contribution is 8.00. The van der Waals surface area contributed by atoms with Crippen molar-refractivity contribution in [1.82, 2.24) is 10.2 Å². The van der Waals surface area contributed by atoms with Gasteiger partial charge in [0.2, 0.25) is 5.13 Å². The fourth-order valence-corrected chi connectivity index (χ4v) is 7.09. The summed E-state index contributed by atoms with van der Waals surface area (Å²) in [5.74, 6) is 0.423. The van der Waals surface area contributed by atoms with Gasteiger partial charge < -0.3 is 24.1 Å². The van der Waals surface area contributed by atoms with Crippen molar-refractivity contribution in [2.24, 2.45) is 5.92 Å². The number of nitrogens with zero attached hydrogens (tertiary/aromatic N) is 3. The summed E-state index contributed by atoms with van der Waals surface area (Å²) in [7, 11) is 0. The molecule has 4 aromatic rings. The van der Waals surface area contributed by atoms with Gasteiger partial charge in [-0.25, -0.2) is 4.39 Å². The van der Waals surface area contributed by atoms with Gasteiger partial charge in [0.1, 0.15) is 24.8 Å². The SMILES string of the molecule is CCOc1cc(C2C(=C(O)c3ccc4c(c3)OCCO4)C(=O)C(=O)N2c2nnc(SCc3ccc(F)cc3)s2)ccc1OCCC(C)C. The predicted molar refractivity (Wildman–Crippen MR) is 181 cm³/mol. The Balaban J connectivity index is 1.40. The lowest BCUT2D eigenvalue weighted by atomic mass is 9.95. The highest BCUT2D eigenvalue weighted by atomic mass is 32.2. The molecule has 0 bridgehead atoms. The molecule has 1 aromatic heterocycles. The number of fused-ring (bicyclic) bond motifs is 1. The molecule has 1 N–H and O–H groups in total. The van der Waals surface area contributed by atoms with E-state index in [0.717, 1.165) is 23.3 Å². The lowest BCUT2D eigenvalue weighted by molar-refractivity contribution is -0.132. The van der Waals surface area contributed by atoms with Crippen LogP contribution in [0.4, 0.5) is 9.52 Å². The molecule has 1 atom stereocenters. The van der Waals surface area contributed by atoms with Gasteiger partial charge >= 0.3 is 5.91 Å². The van der Waals surface area contributed by atoms with Crippen LogP contribution in [0.1, 0.15) is 49.9 Å². The first-order valence-electron chi connectivity index (χ1n) is 15.5. The molecule has 2 aliphatic rings. The summed E-state index contributed by atoms with van der Waals surface area (Å²) in [6.45, 7) is 7.66. The van der Waals surface area contributed by atoms with Gasteiger partial charge in [0, 0.05) is 11.3 Å². The van der Waals surface area contributed by atoms with Crippen LogP contribution in [-0.4, -0.2) is 53.4 Å². The number of hydrogen-bond acceptors (Lipinski definition) is 11. The molecule has 6 rings (SSSR count). The standard InChI is InChI=1S/C35H34FN3O7S2/c1-4-43-27-17-22(7-11-25(27)44-14-13-20(2)3)30-29(31(40)23-8-12-26-28(18-23)46-16-15-45-26)32(41)33(42)39(30)34-37-38-35(48-34)47-19-21-5-9-24(36)10-6-21/h5-12,17-18,20,30,40H,4,13-16,19H2,1-3H3. The molecule has 0 radical (unpaired) electrons. The van der Waals surface area contributed by atoms with E-state index in [9.17, 15) is 19.1 Å². The highest BCUT2D eigenvalue weighted by Crippen LogP contribution is 2.46. The minimum atomic E-state index is -1.06. The summed E-state index contributed by atoms with van der Waals surface area (Å²) in [4.78, 5) is 28.9. The third-order valence-corrected chi connectivity index (χ3v) is 9.80. The van der Waals surface area contributed by atoms with E-state index in [-0.39, 0.29) is 27.8 Å². The Morgan fingerprint density at radius 2 is 1.79 bits per heavy atom. The Labute approximate surface area is 285 Å². The minimum absolute atomic E-state index is 0.122. The summed E-state index contributed by atoms with van der Waals surface area (Å²) >= 11 is 2.51. The Morgan fingerprint density at radius 3 is 2.54 bits per heavy atom. The number of carbonyl (C=O) groups excluding carboxylic acids is 2. The number of benzene rings is 3. The van der Waals surface area contributed by atoms with Crippen LogP contribution in [0, 0.1) is 11.7 Å². The fourth-order valence-electron chi connectivity index (χ4n) is 5.26. The van der Waals surface area contributed by atoms with Crippen molar-refractivity contribution in [2.75, 3.05) is 31.3 Å². The van der Waals surface area contributed by atoms with Crippen molar-refractivity contribution in [3.8, 4) is 23.0 Å². The number of thioether (sulfide) groups is 1. The van der Waals surface area contributed by atoms with E-state index >= 15 is 0 Å². The summed E-state index contributed by atoms with van der Waals surface area (Å²) in [6.07, 6.45) is 0.849. The van der Waals surface area contributed by atoms with E-state index in [0.29, 0.717) is 71.0 Å². The number of aliphatic hydroxyl groups excluding tert-OH is 1.